The Labute approximate surface area is 121 Å². The van der Waals surface area contributed by atoms with E-state index in [1.54, 1.807) is 0 Å². The topological polar surface area (TPSA) is 24.9 Å². The van der Waals surface area contributed by atoms with Crippen LogP contribution in [0.1, 0.15) is 37.4 Å². The smallest absolute Gasteiger partial charge is 0.0707 e. The van der Waals surface area contributed by atoms with Crippen molar-refractivity contribution in [1.29, 1.82) is 0 Å². The zero-order valence-electron chi connectivity index (χ0n) is 12.5. The molecular weight excluding hydrogens is 244 g/mol. The maximum Gasteiger partial charge on any atom is 0.0707 e. The molecule has 1 aliphatic carbocycles. The molecule has 1 fully saturated rings. The van der Waals surface area contributed by atoms with Crippen molar-refractivity contribution in [1.82, 2.24) is 10.3 Å². The zero-order valence-corrected chi connectivity index (χ0v) is 12.5. The van der Waals surface area contributed by atoms with Gasteiger partial charge in [0.2, 0.25) is 0 Å². The molecule has 3 rings (SSSR count). The number of benzene rings is 1. The molecular formula is C18H24N2. The van der Waals surface area contributed by atoms with Gasteiger partial charge in [-0.1, -0.05) is 25.1 Å². The molecule has 2 heteroatoms. The van der Waals surface area contributed by atoms with E-state index in [2.05, 4.69) is 54.5 Å². The van der Waals surface area contributed by atoms with Gasteiger partial charge in [-0.25, -0.2) is 0 Å². The summed E-state index contributed by atoms with van der Waals surface area (Å²) >= 11 is 0. The van der Waals surface area contributed by atoms with E-state index in [-0.39, 0.29) is 0 Å². The molecule has 0 saturated heterocycles. The van der Waals surface area contributed by atoms with E-state index >= 15 is 0 Å². The molecule has 1 aromatic heterocycles. The standard InChI is InChI=1S/C18H24N2/c1-3-10-19-18(14-8-9-14)12-15-11-13(2)20-17-7-5-4-6-16(15)17/h4-7,11,14,18-19H,3,8-10,12H2,1-2H3. The van der Waals surface area contributed by atoms with Crippen molar-refractivity contribution in [2.75, 3.05) is 6.54 Å². The quantitative estimate of drug-likeness (QED) is 0.860. The van der Waals surface area contributed by atoms with E-state index in [1.165, 1.54) is 30.2 Å². The molecule has 0 bridgehead atoms. The van der Waals surface area contributed by atoms with Crippen LogP contribution in [0.15, 0.2) is 30.3 Å². The van der Waals surface area contributed by atoms with Crippen LogP contribution >= 0.6 is 0 Å². The maximum atomic E-state index is 4.65. The second kappa shape index (κ2) is 5.92. The SMILES string of the molecule is CCCNC(Cc1cc(C)nc2ccccc12)C1CC1. The van der Waals surface area contributed by atoms with Crippen LogP contribution in [0.5, 0.6) is 0 Å². The largest absolute Gasteiger partial charge is 0.313 e. The summed E-state index contributed by atoms with van der Waals surface area (Å²) in [6.07, 6.45) is 5.13. The molecule has 2 aromatic rings. The van der Waals surface area contributed by atoms with E-state index in [4.69, 9.17) is 0 Å². The number of rotatable bonds is 6. The number of pyridine rings is 1. The molecule has 0 radical (unpaired) electrons. The summed E-state index contributed by atoms with van der Waals surface area (Å²) in [7, 11) is 0. The summed E-state index contributed by atoms with van der Waals surface area (Å²) in [5.41, 5.74) is 3.71. The van der Waals surface area contributed by atoms with E-state index < -0.39 is 0 Å². The highest BCUT2D eigenvalue weighted by atomic mass is 14.9. The predicted molar refractivity (Wildman–Crippen MR) is 85.0 cm³/mol. The van der Waals surface area contributed by atoms with Crippen LogP contribution in [0.25, 0.3) is 10.9 Å². The minimum absolute atomic E-state index is 0.639. The molecule has 0 amide bonds. The lowest BCUT2D eigenvalue weighted by atomic mass is 9.98. The van der Waals surface area contributed by atoms with Gasteiger partial charge >= 0.3 is 0 Å². The number of hydrogen-bond acceptors (Lipinski definition) is 2. The molecule has 1 saturated carbocycles. The van der Waals surface area contributed by atoms with E-state index in [0.29, 0.717) is 6.04 Å². The molecule has 20 heavy (non-hydrogen) atoms. The second-order valence-electron chi connectivity index (χ2n) is 6.04. The first-order valence-corrected chi connectivity index (χ1v) is 7.86. The summed E-state index contributed by atoms with van der Waals surface area (Å²) < 4.78 is 0. The molecule has 0 aliphatic heterocycles. The van der Waals surface area contributed by atoms with Crippen LogP contribution in [0.4, 0.5) is 0 Å². The summed E-state index contributed by atoms with van der Waals surface area (Å²) in [6, 6.07) is 11.4. The van der Waals surface area contributed by atoms with Gasteiger partial charge in [-0.3, -0.25) is 4.98 Å². The third-order valence-corrected chi connectivity index (χ3v) is 4.22. The highest BCUT2D eigenvalue weighted by molar-refractivity contribution is 5.82. The molecule has 1 atom stereocenters. The number of fused-ring (bicyclic) bond motifs is 1. The number of aryl methyl sites for hydroxylation is 1. The number of hydrogen-bond donors (Lipinski definition) is 1. The first kappa shape index (κ1) is 13.6. The van der Waals surface area contributed by atoms with Gasteiger partial charge in [-0.2, -0.15) is 0 Å². The zero-order chi connectivity index (χ0) is 13.9. The Morgan fingerprint density at radius 3 is 2.85 bits per heavy atom. The Kier molecular flexibility index (Phi) is 4.02. The Balaban J connectivity index is 1.88. The van der Waals surface area contributed by atoms with E-state index in [1.807, 2.05) is 0 Å². The third-order valence-electron chi connectivity index (χ3n) is 4.22. The van der Waals surface area contributed by atoms with Crippen LogP contribution in [0.2, 0.25) is 0 Å². The predicted octanol–water partition coefficient (Wildman–Crippen LogP) is 3.86. The normalized spacial score (nSPS) is 16.5. The van der Waals surface area contributed by atoms with Crippen molar-refractivity contribution in [2.45, 2.75) is 45.6 Å². The lowest BCUT2D eigenvalue weighted by Gasteiger charge is -2.19. The fraction of sp³-hybridized carbons (Fsp3) is 0.500. The summed E-state index contributed by atoms with van der Waals surface area (Å²) in [5, 5.41) is 5.06. The van der Waals surface area contributed by atoms with Gasteiger partial charge in [0.05, 0.1) is 5.52 Å². The summed E-state index contributed by atoms with van der Waals surface area (Å²) in [5.74, 6) is 0.883. The Morgan fingerprint density at radius 2 is 2.10 bits per heavy atom. The maximum absolute atomic E-state index is 4.65. The Hall–Kier alpha value is -1.41. The summed E-state index contributed by atoms with van der Waals surface area (Å²) in [4.78, 5) is 4.65. The number of nitrogens with zero attached hydrogens (tertiary/aromatic N) is 1. The minimum atomic E-state index is 0.639. The van der Waals surface area contributed by atoms with Gasteiger partial charge in [0.1, 0.15) is 0 Å². The Bertz CT molecular complexity index is 587. The number of aromatic nitrogens is 1. The highest BCUT2D eigenvalue weighted by Gasteiger charge is 2.31. The van der Waals surface area contributed by atoms with Crippen molar-refractivity contribution in [2.24, 2.45) is 5.92 Å². The van der Waals surface area contributed by atoms with Crippen molar-refractivity contribution >= 4 is 10.9 Å². The third kappa shape index (κ3) is 3.01. The lowest BCUT2D eigenvalue weighted by Crippen LogP contribution is -2.33. The van der Waals surface area contributed by atoms with E-state index in [9.17, 15) is 0 Å². The van der Waals surface area contributed by atoms with Crippen molar-refractivity contribution in [3.8, 4) is 0 Å². The van der Waals surface area contributed by atoms with Crippen LogP contribution in [-0.2, 0) is 6.42 Å². The minimum Gasteiger partial charge on any atom is -0.313 e. The molecule has 1 aliphatic rings. The van der Waals surface area contributed by atoms with Crippen molar-refractivity contribution in [3.63, 3.8) is 0 Å². The van der Waals surface area contributed by atoms with Crippen LogP contribution in [-0.4, -0.2) is 17.6 Å². The Morgan fingerprint density at radius 1 is 1.30 bits per heavy atom. The molecule has 1 heterocycles. The van der Waals surface area contributed by atoms with E-state index in [0.717, 1.165) is 30.1 Å². The second-order valence-corrected chi connectivity index (χ2v) is 6.04. The fourth-order valence-corrected chi connectivity index (χ4v) is 3.03. The first-order chi connectivity index (χ1) is 9.78. The monoisotopic (exact) mass is 268 g/mol. The van der Waals surface area contributed by atoms with Gasteiger partial charge < -0.3 is 5.32 Å². The highest BCUT2D eigenvalue weighted by Crippen LogP contribution is 2.35. The first-order valence-electron chi connectivity index (χ1n) is 7.86. The molecule has 0 spiro atoms. The molecule has 1 aromatic carbocycles. The average molecular weight is 268 g/mol. The average Bonchev–Trinajstić information content (AvgIpc) is 3.27. The van der Waals surface area contributed by atoms with Crippen LogP contribution in [0.3, 0.4) is 0 Å². The van der Waals surface area contributed by atoms with Gasteiger partial charge in [-0.05, 0) is 62.8 Å². The fourth-order valence-electron chi connectivity index (χ4n) is 3.03. The summed E-state index contributed by atoms with van der Waals surface area (Å²) in [6.45, 7) is 5.47. The van der Waals surface area contributed by atoms with Crippen LogP contribution < -0.4 is 5.32 Å². The van der Waals surface area contributed by atoms with Crippen molar-refractivity contribution < 1.29 is 0 Å². The molecule has 1 unspecified atom stereocenters. The van der Waals surface area contributed by atoms with Gasteiger partial charge in [-0.15, -0.1) is 0 Å². The van der Waals surface area contributed by atoms with Crippen molar-refractivity contribution in [3.05, 3.63) is 41.6 Å². The number of nitrogens with one attached hydrogen (secondary N) is 1. The lowest BCUT2D eigenvalue weighted by molar-refractivity contribution is 0.461. The van der Waals surface area contributed by atoms with Gasteiger partial charge in [0.25, 0.3) is 0 Å². The molecule has 106 valence electrons. The van der Waals surface area contributed by atoms with Gasteiger partial charge in [0.15, 0.2) is 0 Å². The molecule has 2 nitrogen and oxygen atoms in total. The number of para-hydroxylation sites is 1. The van der Waals surface area contributed by atoms with Crippen LogP contribution in [0, 0.1) is 12.8 Å². The van der Waals surface area contributed by atoms with Gasteiger partial charge in [0, 0.05) is 17.1 Å². The molecule has 1 N–H and O–H groups in total.